The lowest BCUT2D eigenvalue weighted by molar-refractivity contribution is 0.0694. The molecule has 0 radical (unpaired) electrons. The number of morpholine rings is 1. The Hall–Kier alpha value is -2.73. The summed E-state index contributed by atoms with van der Waals surface area (Å²) in [4.78, 5) is 7.34. The Labute approximate surface area is 185 Å². The zero-order chi connectivity index (χ0) is 21.7. The van der Waals surface area contributed by atoms with Crippen molar-refractivity contribution in [2.45, 2.75) is 45.4 Å². The molecule has 31 heavy (non-hydrogen) atoms. The van der Waals surface area contributed by atoms with Gasteiger partial charge in [0.15, 0.2) is 5.96 Å². The van der Waals surface area contributed by atoms with Gasteiger partial charge in [-0.25, -0.2) is 4.99 Å². The molecule has 0 aliphatic carbocycles. The van der Waals surface area contributed by atoms with Crippen molar-refractivity contribution < 1.29 is 9.47 Å². The first-order valence-corrected chi connectivity index (χ1v) is 11.3. The van der Waals surface area contributed by atoms with Gasteiger partial charge in [0.05, 0.1) is 25.8 Å². The molecule has 0 amide bonds. The molecule has 2 aromatic carbocycles. The third-order valence-corrected chi connectivity index (χ3v) is 5.78. The maximum Gasteiger partial charge on any atom is 0.192 e. The molecule has 2 aromatic rings. The SMILES string of the molecule is CCNC(=NCc1ccccc1N1CCOCC1)NC1CC(C)(C)Oc2ccccc21. The number of hydrogen-bond acceptors (Lipinski definition) is 4. The summed E-state index contributed by atoms with van der Waals surface area (Å²) in [6, 6.07) is 17.0. The number of aliphatic imine (C=N–C) groups is 1. The number of anilines is 1. The van der Waals surface area contributed by atoms with E-state index in [-0.39, 0.29) is 11.6 Å². The molecule has 2 aliphatic rings. The predicted molar refractivity (Wildman–Crippen MR) is 126 cm³/mol. The second kappa shape index (κ2) is 9.60. The van der Waals surface area contributed by atoms with Gasteiger partial charge < -0.3 is 25.0 Å². The quantitative estimate of drug-likeness (QED) is 0.566. The Bertz CT molecular complexity index is 906. The van der Waals surface area contributed by atoms with Crippen molar-refractivity contribution in [1.82, 2.24) is 10.6 Å². The summed E-state index contributed by atoms with van der Waals surface area (Å²) < 4.78 is 11.7. The molecule has 0 aromatic heterocycles. The topological polar surface area (TPSA) is 58.1 Å². The first-order chi connectivity index (χ1) is 15.1. The predicted octanol–water partition coefficient (Wildman–Crippen LogP) is 3.88. The Morgan fingerprint density at radius 3 is 2.65 bits per heavy atom. The summed E-state index contributed by atoms with van der Waals surface area (Å²) in [6.45, 7) is 11.2. The second-order valence-corrected chi connectivity index (χ2v) is 8.72. The molecule has 2 N–H and O–H groups in total. The van der Waals surface area contributed by atoms with Crippen molar-refractivity contribution in [1.29, 1.82) is 0 Å². The van der Waals surface area contributed by atoms with Gasteiger partial charge in [-0.1, -0.05) is 36.4 Å². The highest BCUT2D eigenvalue weighted by molar-refractivity contribution is 5.80. The molecule has 0 spiro atoms. The number of fused-ring (bicyclic) bond motifs is 1. The highest BCUT2D eigenvalue weighted by Gasteiger charge is 2.34. The van der Waals surface area contributed by atoms with Crippen LogP contribution in [-0.4, -0.2) is 44.4 Å². The summed E-state index contributed by atoms with van der Waals surface area (Å²) in [6.07, 6.45) is 0.874. The van der Waals surface area contributed by atoms with Gasteiger partial charge in [-0.2, -0.15) is 0 Å². The van der Waals surface area contributed by atoms with Crippen LogP contribution < -0.4 is 20.3 Å². The van der Waals surface area contributed by atoms with E-state index in [0.717, 1.165) is 51.0 Å². The van der Waals surface area contributed by atoms with Crippen molar-refractivity contribution in [2.75, 3.05) is 37.7 Å². The minimum atomic E-state index is -0.230. The number of hydrogen-bond donors (Lipinski definition) is 2. The Balaban J connectivity index is 1.54. The van der Waals surface area contributed by atoms with Gasteiger partial charge in [0, 0.05) is 37.3 Å². The summed E-state index contributed by atoms with van der Waals surface area (Å²) in [7, 11) is 0. The number of para-hydroxylation sites is 2. The van der Waals surface area contributed by atoms with E-state index in [1.54, 1.807) is 0 Å². The molecule has 0 bridgehead atoms. The van der Waals surface area contributed by atoms with E-state index in [2.05, 4.69) is 72.7 Å². The highest BCUT2D eigenvalue weighted by Crippen LogP contribution is 2.39. The number of benzene rings is 2. The fourth-order valence-corrected chi connectivity index (χ4v) is 4.34. The van der Waals surface area contributed by atoms with Crippen LogP contribution in [0, 0.1) is 0 Å². The maximum atomic E-state index is 6.19. The molecule has 4 rings (SSSR count). The second-order valence-electron chi connectivity index (χ2n) is 8.72. The number of nitrogens with zero attached hydrogens (tertiary/aromatic N) is 2. The zero-order valence-electron chi connectivity index (χ0n) is 18.9. The van der Waals surface area contributed by atoms with Crippen molar-refractivity contribution in [3.63, 3.8) is 0 Å². The molecule has 1 fully saturated rings. The van der Waals surface area contributed by atoms with Crippen LogP contribution in [0.5, 0.6) is 5.75 Å². The Morgan fingerprint density at radius 2 is 1.84 bits per heavy atom. The van der Waals surface area contributed by atoms with E-state index >= 15 is 0 Å². The Kier molecular flexibility index (Phi) is 6.66. The van der Waals surface area contributed by atoms with E-state index in [1.807, 2.05) is 12.1 Å². The molecule has 2 aliphatic heterocycles. The lowest BCUT2D eigenvalue weighted by atomic mass is 9.90. The smallest absolute Gasteiger partial charge is 0.192 e. The molecule has 1 unspecified atom stereocenters. The van der Waals surface area contributed by atoms with Gasteiger partial charge in [-0.05, 0) is 38.5 Å². The van der Waals surface area contributed by atoms with Crippen LogP contribution in [0.3, 0.4) is 0 Å². The summed E-state index contributed by atoms with van der Waals surface area (Å²) >= 11 is 0. The van der Waals surface area contributed by atoms with Gasteiger partial charge >= 0.3 is 0 Å². The molecular formula is C25H34N4O2. The highest BCUT2D eigenvalue weighted by atomic mass is 16.5. The number of guanidine groups is 1. The summed E-state index contributed by atoms with van der Waals surface area (Å²) in [5, 5.41) is 7.09. The lowest BCUT2D eigenvalue weighted by Gasteiger charge is -2.38. The molecule has 1 saturated heterocycles. The number of nitrogens with one attached hydrogen (secondary N) is 2. The molecular weight excluding hydrogens is 388 g/mol. The Morgan fingerprint density at radius 1 is 1.10 bits per heavy atom. The molecule has 166 valence electrons. The summed E-state index contributed by atoms with van der Waals surface area (Å²) in [5.41, 5.74) is 3.44. The fourth-order valence-electron chi connectivity index (χ4n) is 4.34. The van der Waals surface area contributed by atoms with Crippen LogP contribution >= 0.6 is 0 Å². The standard InChI is InChI=1S/C25H34N4O2/c1-4-26-24(28-21-17-25(2,3)31-23-12-8-6-10-20(21)23)27-18-19-9-5-7-11-22(19)29-13-15-30-16-14-29/h5-12,21H,4,13-18H2,1-3H3,(H2,26,27,28). The fraction of sp³-hybridized carbons (Fsp3) is 0.480. The number of rotatable bonds is 5. The van der Waals surface area contributed by atoms with E-state index in [0.29, 0.717) is 6.54 Å². The van der Waals surface area contributed by atoms with Gasteiger partial charge in [0.2, 0.25) is 0 Å². The first-order valence-electron chi connectivity index (χ1n) is 11.3. The number of ether oxygens (including phenoxy) is 2. The van der Waals surface area contributed by atoms with Crippen molar-refractivity contribution in [3.05, 3.63) is 59.7 Å². The monoisotopic (exact) mass is 422 g/mol. The van der Waals surface area contributed by atoms with E-state index in [9.17, 15) is 0 Å². The van der Waals surface area contributed by atoms with Crippen LogP contribution in [0.25, 0.3) is 0 Å². The zero-order valence-corrected chi connectivity index (χ0v) is 18.9. The minimum Gasteiger partial charge on any atom is -0.487 e. The van der Waals surface area contributed by atoms with Crippen molar-refractivity contribution in [3.8, 4) is 5.75 Å². The molecule has 2 heterocycles. The van der Waals surface area contributed by atoms with Crippen LogP contribution in [0.4, 0.5) is 5.69 Å². The van der Waals surface area contributed by atoms with E-state index in [4.69, 9.17) is 14.5 Å². The maximum absolute atomic E-state index is 6.19. The van der Waals surface area contributed by atoms with Gasteiger partial charge in [0.25, 0.3) is 0 Å². The first kappa shape index (κ1) is 21.5. The van der Waals surface area contributed by atoms with Crippen LogP contribution in [-0.2, 0) is 11.3 Å². The largest absolute Gasteiger partial charge is 0.487 e. The molecule has 6 nitrogen and oxygen atoms in total. The summed E-state index contributed by atoms with van der Waals surface area (Å²) in [5.74, 6) is 1.78. The minimum absolute atomic E-state index is 0.146. The molecule has 0 saturated carbocycles. The average Bonchev–Trinajstić information content (AvgIpc) is 2.77. The van der Waals surface area contributed by atoms with E-state index in [1.165, 1.54) is 16.8 Å². The van der Waals surface area contributed by atoms with Crippen molar-refractivity contribution >= 4 is 11.6 Å². The van der Waals surface area contributed by atoms with Crippen molar-refractivity contribution in [2.24, 2.45) is 4.99 Å². The van der Waals surface area contributed by atoms with E-state index < -0.39 is 0 Å². The third kappa shape index (κ3) is 5.31. The third-order valence-electron chi connectivity index (χ3n) is 5.78. The molecule has 1 atom stereocenters. The molecule has 6 heteroatoms. The van der Waals surface area contributed by atoms with Crippen LogP contribution in [0.15, 0.2) is 53.5 Å². The van der Waals surface area contributed by atoms with Gasteiger partial charge in [-0.15, -0.1) is 0 Å². The van der Waals surface area contributed by atoms with Crippen LogP contribution in [0.1, 0.15) is 44.4 Å². The normalized spacial score (nSPS) is 20.5. The van der Waals surface area contributed by atoms with Crippen LogP contribution in [0.2, 0.25) is 0 Å². The average molecular weight is 423 g/mol. The van der Waals surface area contributed by atoms with Gasteiger partial charge in [0.1, 0.15) is 11.4 Å². The van der Waals surface area contributed by atoms with Gasteiger partial charge in [-0.3, -0.25) is 0 Å². The lowest BCUT2D eigenvalue weighted by Crippen LogP contribution is -2.45.